The summed E-state index contributed by atoms with van der Waals surface area (Å²) in [4.78, 5) is 30.5. The molecule has 0 bridgehead atoms. The SMILES string of the molecule is Cn1cnc(C(=O)N2CCCC3(COCCN(CC4CC4)C3)C2)c1.O=C(O)C(F)(F)F. The average molecular weight is 446 g/mol. The first-order valence-corrected chi connectivity index (χ1v) is 10.5. The fourth-order valence-corrected chi connectivity index (χ4v) is 4.22. The third-order valence-electron chi connectivity index (χ3n) is 5.85. The normalized spacial score (nSPS) is 25.0. The van der Waals surface area contributed by atoms with Gasteiger partial charge < -0.3 is 24.2 Å². The van der Waals surface area contributed by atoms with Gasteiger partial charge in [0, 0.05) is 51.4 Å². The first kappa shape index (κ1) is 23.5. The lowest BCUT2D eigenvalue weighted by Gasteiger charge is -2.43. The second-order valence-corrected chi connectivity index (χ2v) is 8.79. The summed E-state index contributed by atoms with van der Waals surface area (Å²) in [6.45, 7) is 6.54. The lowest BCUT2D eigenvalue weighted by molar-refractivity contribution is -0.192. The van der Waals surface area contributed by atoms with Crippen molar-refractivity contribution in [2.45, 2.75) is 31.9 Å². The van der Waals surface area contributed by atoms with Crippen molar-refractivity contribution >= 4 is 11.9 Å². The van der Waals surface area contributed by atoms with Gasteiger partial charge in [0.15, 0.2) is 0 Å². The number of aryl methyl sites for hydroxylation is 1. The molecule has 2 aliphatic heterocycles. The van der Waals surface area contributed by atoms with E-state index in [1.54, 1.807) is 6.33 Å². The Morgan fingerprint density at radius 2 is 2.00 bits per heavy atom. The Kier molecular flexibility index (Phi) is 7.25. The van der Waals surface area contributed by atoms with E-state index < -0.39 is 12.1 Å². The molecule has 0 aromatic carbocycles. The molecule has 1 aromatic heterocycles. The standard InChI is InChI=1S/C18H28N4O2.C2HF3O2/c1-20-10-16(19-14-20)17(23)22-6-2-5-18(12-22)11-21(7-8-24-13-18)9-15-3-4-15;3-2(4,5)1(6)7/h10,14-15H,2-9,11-13H2,1H3;(H,6,7). The molecule has 1 amide bonds. The summed E-state index contributed by atoms with van der Waals surface area (Å²) in [6, 6.07) is 0. The number of likely N-dealkylation sites (tertiary alicyclic amines) is 1. The number of carbonyl (C=O) groups is 2. The molecule has 3 heterocycles. The van der Waals surface area contributed by atoms with Gasteiger partial charge in [-0.25, -0.2) is 9.78 Å². The van der Waals surface area contributed by atoms with Gasteiger partial charge in [0.25, 0.3) is 5.91 Å². The number of carboxylic acids is 1. The van der Waals surface area contributed by atoms with Crippen molar-refractivity contribution in [1.29, 1.82) is 0 Å². The second-order valence-electron chi connectivity index (χ2n) is 8.79. The number of hydrogen-bond donors (Lipinski definition) is 1. The minimum Gasteiger partial charge on any atom is -0.475 e. The minimum atomic E-state index is -5.08. The summed E-state index contributed by atoms with van der Waals surface area (Å²) < 4.78 is 39.5. The number of alkyl halides is 3. The topological polar surface area (TPSA) is 87.9 Å². The Morgan fingerprint density at radius 3 is 2.58 bits per heavy atom. The molecule has 31 heavy (non-hydrogen) atoms. The Balaban J connectivity index is 0.000000339. The number of nitrogens with zero attached hydrogens (tertiary/aromatic N) is 4. The van der Waals surface area contributed by atoms with Crippen molar-refractivity contribution < 1.29 is 32.6 Å². The molecule has 1 unspecified atom stereocenters. The van der Waals surface area contributed by atoms with E-state index in [9.17, 15) is 18.0 Å². The highest BCUT2D eigenvalue weighted by Gasteiger charge is 2.41. The highest BCUT2D eigenvalue weighted by atomic mass is 19.4. The zero-order valence-electron chi connectivity index (χ0n) is 17.6. The molecule has 3 fully saturated rings. The van der Waals surface area contributed by atoms with Crippen LogP contribution in [0, 0.1) is 11.3 Å². The molecular weight excluding hydrogens is 417 g/mol. The van der Waals surface area contributed by atoms with Crippen LogP contribution >= 0.6 is 0 Å². The first-order chi connectivity index (χ1) is 14.6. The van der Waals surface area contributed by atoms with E-state index in [2.05, 4.69) is 9.88 Å². The summed E-state index contributed by atoms with van der Waals surface area (Å²) in [5.41, 5.74) is 0.646. The fraction of sp³-hybridized carbons (Fsp3) is 0.750. The molecule has 1 atom stereocenters. The molecule has 1 N–H and O–H groups in total. The number of ether oxygens (including phenoxy) is 1. The quantitative estimate of drug-likeness (QED) is 0.765. The maximum atomic E-state index is 12.8. The number of amides is 1. The summed E-state index contributed by atoms with van der Waals surface area (Å²) in [7, 11) is 1.90. The van der Waals surface area contributed by atoms with Crippen LogP contribution in [-0.2, 0) is 16.6 Å². The fourth-order valence-electron chi connectivity index (χ4n) is 4.22. The van der Waals surface area contributed by atoms with Gasteiger partial charge in [-0.05, 0) is 31.6 Å². The molecule has 1 aromatic rings. The number of carbonyl (C=O) groups excluding carboxylic acids is 1. The van der Waals surface area contributed by atoms with E-state index in [1.165, 1.54) is 19.4 Å². The Morgan fingerprint density at radius 1 is 1.29 bits per heavy atom. The van der Waals surface area contributed by atoms with Crippen molar-refractivity contribution in [2.75, 3.05) is 45.9 Å². The maximum Gasteiger partial charge on any atom is 0.490 e. The van der Waals surface area contributed by atoms with E-state index in [4.69, 9.17) is 14.6 Å². The van der Waals surface area contributed by atoms with Gasteiger partial charge >= 0.3 is 12.1 Å². The summed E-state index contributed by atoms with van der Waals surface area (Å²) >= 11 is 0. The van der Waals surface area contributed by atoms with Crippen LogP contribution in [-0.4, -0.2) is 88.4 Å². The minimum absolute atomic E-state index is 0.0627. The van der Waals surface area contributed by atoms with Crippen LogP contribution < -0.4 is 0 Å². The zero-order valence-corrected chi connectivity index (χ0v) is 17.6. The third-order valence-corrected chi connectivity index (χ3v) is 5.85. The number of rotatable bonds is 3. The van der Waals surface area contributed by atoms with Crippen LogP contribution in [0.25, 0.3) is 0 Å². The summed E-state index contributed by atoms with van der Waals surface area (Å²) in [6.07, 6.45) is 3.40. The number of hydrogen-bond acceptors (Lipinski definition) is 5. The lowest BCUT2D eigenvalue weighted by Crippen LogP contribution is -2.52. The zero-order chi connectivity index (χ0) is 22.6. The van der Waals surface area contributed by atoms with Gasteiger partial charge in [0.05, 0.1) is 19.5 Å². The van der Waals surface area contributed by atoms with Crippen LogP contribution in [0.5, 0.6) is 0 Å². The van der Waals surface area contributed by atoms with Crippen molar-refractivity contribution in [3.63, 3.8) is 0 Å². The van der Waals surface area contributed by atoms with E-state index in [-0.39, 0.29) is 11.3 Å². The van der Waals surface area contributed by atoms with E-state index >= 15 is 0 Å². The third kappa shape index (κ3) is 6.67. The van der Waals surface area contributed by atoms with Crippen LogP contribution in [0.1, 0.15) is 36.2 Å². The Hall–Kier alpha value is -2.14. The van der Waals surface area contributed by atoms with E-state index in [0.29, 0.717) is 5.69 Å². The second kappa shape index (κ2) is 9.56. The Bertz CT molecular complexity index is 781. The van der Waals surface area contributed by atoms with Crippen LogP contribution in [0.4, 0.5) is 13.2 Å². The first-order valence-electron chi connectivity index (χ1n) is 10.5. The van der Waals surface area contributed by atoms with Crippen LogP contribution in [0.15, 0.2) is 12.5 Å². The highest BCUT2D eigenvalue weighted by molar-refractivity contribution is 5.92. The molecule has 11 heteroatoms. The van der Waals surface area contributed by atoms with E-state index in [1.807, 2.05) is 22.7 Å². The monoisotopic (exact) mass is 446 g/mol. The van der Waals surface area contributed by atoms with Gasteiger partial charge in [-0.3, -0.25) is 4.79 Å². The molecule has 0 radical (unpaired) electrons. The molecule has 1 saturated carbocycles. The molecule has 1 spiro atoms. The lowest BCUT2D eigenvalue weighted by atomic mass is 9.80. The maximum absolute atomic E-state index is 12.8. The van der Waals surface area contributed by atoms with Crippen molar-refractivity contribution in [3.8, 4) is 0 Å². The van der Waals surface area contributed by atoms with Crippen LogP contribution in [0.3, 0.4) is 0 Å². The number of aliphatic carboxylic acids is 1. The van der Waals surface area contributed by atoms with Gasteiger partial charge in [-0.15, -0.1) is 0 Å². The van der Waals surface area contributed by atoms with Crippen LogP contribution in [0.2, 0.25) is 0 Å². The number of piperidine rings is 1. The predicted molar refractivity (Wildman–Crippen MR) is 104 cm³/mol. The summed E-state index contributed by atoms with van der Waals surface area (Å²) in [5, 5.41) is 7.12. The molecular formula is C20H29F3N4O4. The van der Waals surface area contributed by atoms with Gasteiger partial charge in [0.1, 0.15) is 5.69 Å². The predicted octanol–water partition coefficient (Wildman–Crippen LogP) is 2.02. The summed E-state index contributed by atoms with van der Waals surface area (Å²) in [5.74, 6) is -1.80. The van der Waals surface area contributed by atoms with Gasteiger partial charge in [-0.2, -0.15) is 13.2 Å². The molecule has 8 nitrogen and oxygen atoms in total. The van der Waals surface area contributed by atoms with Gasteiger partial charge in [0.2, 0.25) is 0 Å². The average Bonchev–Trinajstić information content (AvgIpc) is 3.45. The largest absolute Gasteiger partial charge is 0.490 e. The number of aromatic nitrogens is 2. The molecule has 2 saturated heterocycles. The number of carboxylic acid groups (broad SMARTS) is 1. The van der Waals surface area contributed by atoms with E-state index in [0.717, 1.165) is 58.2 Å². The number of halogens is 3. The van der Waals surface area contributed by atoms with Gasteiger partial charge in [-0.1, -0.05) is 0 Å². The van der Waals surface area contributed by atoms with Crippen molar-refractivity contribution in [3.05, 3.63) is 18.2 Å². The Labute approximate surface area is 179 Å². The number of imidazole rings is 1. The molecule has 174 valence electrons. The molecule has 1 aliphatic carbocycles. The smallest absolute Gasteiger partial charge is 0.475 e. The van der Waals surface area contributed by atoms with Crippen molar-refractivity contribution in [1.82, 2.24) is 19.4 Å². The molecule has 3 aliphatic rings. The molecule has 4 rings (SSSR count). The highest BCUT2D eigenvalue weighted by Crippen LogP contribution is 2.36. The van der Waals surface area contributed by atoms with Crippen molar-refractivity contribution in [2.24, 2.45) is 18.4 Å².